The molecule has 1 aliphatic rings. The van der Waals surface area contributed by atoms with Gasteiger partial charge in [-0.15, -0.1) is 0 Å². The smallest absolute Gasteiger partial charge is 0.241 e. The van der Waals surface area contributed by atoms with E-state index in [2.05, 4.69) is 4.72 Å². The summed E-state index contributed by atoms with van der Waals surface area (Å²) < 4.78 is 40.6. The Bertz CT molecular complexity index is 631. The molecule has 7 heteroatoms. The number of nitrogens with one attached hydrogen (secondary N) is 1. The molecule has 2 atom stereocenters. The predicted octanol–water partition coefficient (Wildman–Crippen LogP) is 1.87. The summed E-state index contributed by atoms with van der Waals surface area (Å²) in [6.45, 7) is 1.63. The molecule has 0 amide bonds. The van der Waals surface area contributed by atoms with Crippen LogP contribution in [0.2, 0.25) is 0 Å². The van der Waals surface area contributed by atoms with Crippen LogP contribution in [0.1, 0.15) is 24.8 Å². The first-order valence-electron chi connectivity index (χ1n) is 6.39. The fourth-order valence-electron chi connectivity index (χ4n) is 2.57. The summed E-state index contributed by atoms with van der Waals surface area (Å²) in [7, 11) is -3.77. The van der Waals surface area contributed by atoms with Gasteiger partial charge in [0.05, 0.1) is 9.88 Å². The first-order valence-corrected chi connectivity index (χ1v) is 8.28. The van der Waals surface area contributed by atoms with Crippen molar-refractivity contribution in [3.8, 4) is 0 Å². The maximum atomic E-state index is 13.3. The molecule has 0 aromatic heterocycles. The minimum atomic E-state index is -3.77. The van der Waals surface area contributed by atoms with Gasteiger partial charge in [0.25, 0.3) is 0 Å². The third-order valence-corrected chi connectivity index (χ3v) is 5.56. The average Bonchev–Trinajstić information content (AvgIpc) is 2.79. The highest BCUT2D eigenvalue weighted by atomic mass is 32.2. The monoisotopic (exact) mass is 316 g/mol. The predicted molar refractivity (Wildman–Crippen MR) is 79.4 cm³/mol. The van der Waals surface area contributed by atoms with Crippen LogP contribution in [0.5, 0.6) is 0 Å². The molecular weight excluding hydrogens is 299 g/mol. The van der Waals surface area contributed by atoms with E-state index >= 15 is 0 Å². The van der Waals surface area contributed by atoms with Crippen molar-refractivity contribution >= 4 is 27.2 Å². The second-order valence-electron chi connectivity index (χ2n) is 5.08. The van der Waals surface area contributed by atoms with Crippen LogP contribution in [-0.4, -0.2) is 19.4 Å². The van der Waals surface area contributed by atoms with E-state index < -0.39 is 15.8 Å². The van der Waals surface area contributed by atoms with E-state index in [9.17, 15) is 12.8 Å². The molecule has 1 aromatic carbocycles. The number of benzene rings is 1. The standard InChI is InChI=1S/C13H17FN2O2S2/c1-8-5-6-9(14)7-12(8)20(17,18)16-11-4-2-3-10(11)13(15)19/h5-7,10-11,16H,2-4H2,1H3,(H2,15,19). The van der Waals surface area contributed by atoms with Gasteiger partial charge >= 0.3 is 0 Å². The van der Waals surface area contributed by atoms with Crippen molar-refractivity contribution in [2.24, 2.45) is 11.7 Å². The summed E-state index contributed by atoms with van der Waals surface area (Å²) in [4.78, 5) is 0.289. The summed E-state index contributed by atoms with van der Waals surface area (Å²) in [5.74, 6) is -0.707. The van der Waals surface area contributed by atoms with Crippen molar-refractivity contribution in [2.75, 3.05) is 0 Å². The Morgan fingerprint density at radius 1 is 1.45 bits per heavy atom. The second-order valence-corrected chi connectivity index (χ2v) is 7.23. The van der Waals surface area contributed by atoms with Crippen LogP contribution in [0.25, 0.3) is 0 Å². The fourth-order valence-corrected chi connectivity index (χ4v) is 4.42. The summed E-state index contributed by atoms with van der Waals surface area (Å²) in [6, 6.07) is 3.41. The van der Waals surface area contributed by atoms with E-state index in [1.807, 2.05) is 0 Å². The lowest BCUT2D eigenvalue weighted by Crippen LogP contribution is -2.41. The van der Waals surface area contributed by atoms with E-state index in [0.717, 1.165) is 18.9 Å². The van der Waals surface area contributed by atoms with Crippen LogP contribution in [0, 0.1) is 18.7 Å². The van der Waals surface area contributed by atoms with Crippen molar-refractivity contribution in [3.05, 3.63) is 29.6 Å². The van der Waals surface area contributed by atoms with E-state index in [4.69, 9.17) is 18.0 Å². The molecule has 1 aliphatic carbocycles. The molecule has 1 fully saturated rings. The number of halogens is 1. The molecule has 0 bridgehead atoms. The Labute approximate surface area is 123 Å². The van der Waals surface area contributed by atoms with Gasteiger partial charge in [0.15, 0.2) is 0 Å². The van der Waals surface area contributed by atoms with Gasteiger partial charge in [-0.2, -0.15) is 0 Å². The van der Waals surface area contributed by atoms with Gasteiger partial charge in [0.1, 0.15) is 5.82 Å². The van der Waals surface area contributed by atoms with Crippen LogP contribution in [0.15, 0.2) is 23.1 Å². The van der Waals surface area contributed by atoms with Gasteiger partial charge in [-0.05, 0) is 37.5 Å². The highest BCUT2D eigenvalue weighted by Crippen LogP contribution is 2.28. The third-order valence-electron chi connectivity index (χ3n) is 3.63. The first kappa shape index (κ1) is 15.3. The van der Waals surface area contributed by atoms with Crippen molar-refractivity contribution in [1.82, 2.24) is 4.72 Å². The minimum Gasteiger partial charge on any atom is -0.393 e. The van der Waals surface area contributed by atoms with Crippen LogP contribution in [0.4, 0.5) is 4.39 Å². The molecule has 1 saturated carbocycles. The molecule has 0 saturated heterocycles. The molecule has 0 aliphatic heterocycles. The summed E-state index contributed by atoms with van der Waals surface area (Å²) in [6.07, 6.45) is 2.34. The van der Waals surface area contributed by atoms with Crippen molar-refractivity contribution in [2.45, 2.75) is 37.1 Å². The van der Waals surface area contributed by atoms with Gasteiger partial charge in [-0.1, -0.05) is 24.7 Å². The van der Waals surface area contributed by atoms with Crippen LogP contribution in [0.3, 0.4) is 0 Å². The molecule has 4 nitrogen and oxygen atoms in total. The van der Waals surface area contributed by atoms with Crippen LogP contribution < -0.4 is 10.5 Å². The van der Waals surface area contributed by atoms with Gasteiger partial charge in [0, 0.05) is 12.0 Å². The Hall–Kier alpha value is -1.05. The number of hydrogen-bond acceptors (Lipinski definition) is 3. The molecule has 0 radical (unpaired) electrons. The Morgan fingerprint density at radius 2 is 2.15 bits per heavy atom. The SMILES string of the molecule is Cc1ccc(F)cc1S(=O)(=O)NC1CCCC1C(N)=S. The topological polar surface area (TPSA) is 72.2 Å². The maximum Gasteiger partial charge on any atom is 0.241 e. The van der Waals surface area contributed by atoms with E-state index in [1.54, 1.807) is 6.92 Å². The number of rotatable bonds is 4. The van der Waals surface area contributed by atoms with Gasteiger partial charge in [-0.25, -0.2) is 17.5 Å². The van der Waals surface area contributed by atoms with Crippen molar-refractivity contribution in [1.29, 1.82) is 0 Å². The molecule has 0 heterocycles. The largest absolute Gasteiger partial charge is 0.393 e. The van der Waals surface area contributed by atoms with Crippen molar-refractivity contribution < 1.29 is 12.8 Å². The summed E-state index contributed by atoms with van der Waals surface area (Å²) >= 11 is 4.97. The lowest BCUT2D eigenvalue weighted by molar-refractivity contribution is 0.523. The van der Waals surface area contributed by atoms with Crippen molar-refractivity contribution in [3.63, 3.8) is 0 Å². The van der Waals surface area contributed by atoms with Crippen LogP contribution in [-0.2, 0) is 10.0 Å². The van der Waals surface area contributed by atoms with Gasteiger partial charge in [0.2, 0.25) is 10.0 Å². The zero-order valence-corrected chi connectivity index (χ0v) is 12.7. The molecular formula is C13H17FN2O2S2. The third kappa shape index (κ3) is 3.16. The highest BCUT2D eigenvalue weighted by Gasteiger charge is 2.33. The van der Waals surface area contributed by atoms with Gasteiger partial charge < -0.3 is 5.73 Å². The Kier molecular flexibility index (Phi) is 4.41. The number of hydrogen-bond donors (Lipinski definition) is 2. The zero-order valence-electron chi connectivity index (χ0n) is 11.1. The number of sulfonamides is 1. The lowest BCUT2D eigenvalue weighted by Gasteiger charge is -2.20. The van der Waals surface area contributed by atoms with E-state index in [-0.39, 0.29) is 16.9 Å². The first-order chi connectivity index (χ1) is 9.31. The summed E-state index contributed by atoms with van der Waals surface area (Å²) in [5, 5.41) is 0. The maximum absolute atomic E-state index is 13.3. The van der Waals surface area contributed by atoms with Crippen LogP contribution >= 0.6 is 12.2 Å². The molecule has 1 aromatic rings. The molecule has 3 N–H and O–H groups in total. The molecule has 0 spiro atoms. The number of nitrogens with two attached hydrogens (primary N) is 1. The Morgan fingerprint density at radius 3 is 2.80 bits per heavy atom. The molecule has 110 valence electrons. The average molecular weight is 316 g/mol. The molecule has 2 unspecified atom stereocenters. The number of thiocarbonyl (C=S) groups is 1. The van der Waals surface area contributed by atoms with E-state index in [0.29, 0.717) is 17.0 Å². The fraction of sp³-hybridized carbons (Fsp3) is 0.462. The quantitative estimate of drug-likeness (QED) is 0.832. The normalized spacial score (nSPS) is 22.9. The second kappa shape index (κ2) is 5.75. The minimum absolute atomic E-state index is 0.0360. The van der Waals surface area contributed by atoms with E-state index in [1.165, 1.54) is 12.1 Å². The summed E-state index contributed by atoms with van der Waals surface area (Å²) in [5.41, 5.74) is 6.14. The highest BCUT2D eigenvalue weighted by molar-refractivity contribution is 7.89. The lowest BCUT2D eigenvalue weighted by atomic mass is 10.1. The zero-order chi connectivity index (χ0) is 14.9. The van der Waals surface area contributed by atoms with Gasteiger partial charge in [-0.3, -0.25) is 0 Å². The molecule has 20 heavy (non-hydrogen) atoms. The Balaban J connectivity index is 2.27. The number of aryl methyl sites for hydroxylation is 1. The molecule has 2 rings (SSSR count).